The van der Waals surface area contributed by atoms with E-state index < -0.39 is 0 Å². The molecule has 0 nitrogen and oxygen atoms in total. The lowest BCUT2D eigenvalue weighted by atomic mass is 10.1. The minimum Gasteiger partial charge on any atom is -0.123 e. The van der Waals surface area contributed by atoms with Gasteiger partial charge in [0.2, 0.25) is 0 Å². The maximum Gasteiger partial charge on any atom is 0.0336 e. The second kappa shape index (κ2) is 4.87. The van der Waals surface area contributed by atoms with Gasteiger partial charge in [-0.05, 0) is 26.2 Å². The summed E-state index contributed by atoms with van der Waals surface area (Å²) in [4.78, 5) is 0. The lowest BCUT2D eigenvalue weighted by Gasteiger charge is -2.03. The van der Waals surface area contributed by atoms with E-state index in [2.05, 4.69) is 13.5 Å². The first-order valence-electron chi connectivity index (χ1n) is 3.45. The summed E-state index contributed by atoms with van der Waals surface area (Å²) in [7, 11) is 0. The molecule has 0 bridgehead atoms. The molecule has 0 saturated carbocycles. The van der Waals surface area contributed by atoms with Crippen molar-refractivity contribution in [3.05, 3.63) is 12.2 Å². The summed E-state index contributed by atoms with van der Waals surface area (Å²) in [5.74, 6) is 0. The van der Waals surface area contributed by atoms with Crippen LogP contribution >= 0.6 is 11.6 Å². The van der Waals surface area contributed by atoms with Crippen LogP contribution in [0, 0.1) is 0 Å². The first-order valence-corrected chi connectivity index (χ1v) is 3.89. The van der Waals surface area contributed by atoms with Crippen molar-refractivity contribution in [3.8, 4) is 0 Å². The van der Waals surface area contributed by atoms with E-state index in [4.69, 9.17) is 11.6 Å². The standard InChI is InChI=1S/C8H15Cl/c1-4-8(9)6-5-7(2)3/h8H,2,4-6H2,1,3H3. The van der Waals surface area contributed by atoms with Gasteiger partial charge in [0.15, 0.2) is 0 Å². The third-order valence-corrected chi connectivity index (χ3v) is 1.85. The van der Waals surface area contributed by atoms with Crippen molar-refractivity contribution in [1.29, 1.82) is 0 Å². The molecular weight excluding hydrogens is 132 g/mol. The van der Waals surface area contributed by atoms with Crippen LogP contribution in [-0.2, 0) is 0 Å². The van der Waals surface area contributed by atoms with Crippen molar-refractivity contribution in [2.45, 2.75) is 38.5 Å². The highest BCUT2D eigenvalue weighted by atomic mass is 35.5. The summed E-state index contributed by atoms with van der Waals surface area (Å²) in [5.41, 5.74) is 1.23. The molecule has 0 heterocycles. The number of allylic oxidation sites excluding steroid dienone is 1. The SMILES string of the molecule is C=C(C)CCC(Cl)CC. The average Bonchev–Trinajstić information content (AvgIpc) is 1.83. The third-order valence-electron chi connectivity index (χ3n) is 1.33. The number of rotatable bonds is 4. The van der Waals surface area contributed by atoms with Gasteiger partial charge < -0.3 is 0 Å². The van der Waals surface area contributed by atoms with E-state index in [0.717, 1.165) is 19.3 Å². The molecular formula is C8H15Cl. The van der Waals surface area contributed by atoms with Crippen molar-refractivity contribution in [2.24, 2.45) is 0 Å². The van der Waals surface area contributed by atoms with Gasteiger partial charge in [0, 0.05) is 5.38 Å². The van der Waals surface area contributed by atoms with Crippen molar-refractivity contribution >= 4 is 11.6 Å². The zero-order valence-electron chi connectivity index (χ0n) is 6.28. The van der Waals surface area contributed by atoms with Gasteiger partial charge in [-0.2, -0.15) is 0 Å². The molecule has 1 atom stereocenters. The Morgan fingerprint density at radius 3 is 2.56 bits per heavy atom. The van der Waals surface area contributed by atoms with E-state index in [1.807, 2.05) is 6.92 Å². The van der Waals surface area contributed by atoms with Gasteiger partial charge in [-0.3, -0.25) is 0 Å². The predicted molar refractivity (Wildman–Crippen MR) is 44.0 cm³/mol. The van der Waals surface area contributed by atoms with Crippen LogP contribution in [0.5, 0.6) is 0 Å². The predicted octanol–water partition coefficient (Wildman–Crippen LogP) is 3.36. The van der Waals surface area contributed by atoms with Crippen LogP contribution in [0.2, 0.25) is 0 Å². The molecule has 0 spiro atoms. The summed E-state index contributed by atoms with van der Waals surface area (Å²) >= 11 is 5.87. The Kier molecular flexibility index (Phi) is 4.88. The molecule has 0 aromatic rings. The van der Waals surface area contributed by atoms with Crippen LogP contribution in [-0.4, -0.2) is 5.38 Å². The summed E-state index contributed by atoms with van der Waals surface area (Å²) in [6.45, 7) is 7.95. The van der Waals surface area contributed by atoms with Crippen molar-refractivity contribution in [1.82, 2.24) is 0 Å². The second-order valence-electron chi connectivity index (χ2n) is 2.50. The molecule has 9 heavy (non-hydrogen) atoms. The van der Waals surface area contributed by atoms with E-state index in [-0.39, 0.29) is 0 Å². The Morgan fingerprint density at radius 1 is 1.67 bits per heavy atom. The molecule has 0 amide bonds. The second-order valence-corrected chi connectivity index (χ2v) is 3.12. The van der Waals surface area contributed by atoms with Crippen LogP contribution in [0.25, 0.3) is 0 Å². The van der Waals surface area contributed by atoms with E-state index in [1.54, 1.807) is 0 Å². The van der Waals surface area contributed by atoms with Gasteiger partial charge in [0.1, 0.15) is 0 Å². The first kappa shape index (κ1) is 9.03. The first-order chi connectivity index (χ1) is 4.16. The summed E-state index contributed by atoms with van der Waals surface area (Å²) in [5, 5.41) is 0.349. The Balaban J connectivity index is 3.16. The molecule has 0 saturated heterocycles. The van der Waals surface area contributed by atoms with Gasteiger partial charge >= 0.3 is 0 Å². The Labute approximate surface area is 62.9 Å². The zero-order chi connectivity index (χ0) is 7.28. The van der Waals surface area contributed by atoms with Crippen LogP contribution in [0.1, 0.15) is 33.1 Å². The number of hydrogen-bond donors (Lipinski definition) is 0. The van der Waals surface area contributed by atoms with E-state index in [9.17, 15) is 0 Å². The van der Waals surface area contributed by atoms with Crippen molar-refractivity contribution in [3.63, 3.8) is 0 Å². The van der Waals surface area contributed by atoms with Gasteiger partial charge in [-0.1, -0.05) is 12.5 Å². The number of hydrogen-bond acceptors (Lipinski definition) is 0. The molecule has 0 radical (unpaired) electrons. The summed E-state index contributed by atoms with van der Waals surface area (Å²) < 4.78 is 0. The number of halogens is 1. The van der Waals surface area contributed by atoms with Crippen LogP contribution in [0.15, 0.2) is 12.2 Å². The third kappa shape index (κ3) is 5.91. The quantitative estimate of drug-likeness (QED) is 0.422. The van der Waals surface area contributed by atoms with E-state index in [0.29, 0.717) is 5.38 Å². The van der Waals surface area contributed by atoms with Crippen LogP contribution < -0.4 is 0 Å². The topological polar surface area (TPSA) is 0 Å². The van der Waals surface area contributed by atoms with Gasteiger partial charge in [0.25, 0.3) is 0 Å². The Bertz CT molecular complexity index is 86.6. The fraction of sp³-hybridized carbons (Fsp3) is 0.750. The van der Waals surface area contributed by atoms with Gasteiger partial charge in [-0.15, -0.1) is 18.2 Å². The van der Waals surface area contributed by atoms with Crippen molar-refractivity contribution < 1.29 is 0 Å². The Morgan fingerprint density at radius 2 is 2.22 bits per heavy atom. The largest absolute Gasteiger partial charge is 0.123 e. The fourth-order valence-corrected chi connectivity index (χ4v) is 0.716. The lowest BCUT2D eigenvalue weighted by molar-refractivity contribution is 0.723. The zero-order valence-corrected chi connectivity index (χ0v) is 7.04. The minimum absolute atomic E-state index is 0.349. The normalized spacial score (nSPS) is 13.2. The molecule has 0 aliphatic carbocycles. The molecule has 1 unspecified atom stereocenters. The molecule has 0 aliphatic rings. The maximum absolute atomic E-state index is 5.87. The molecule has 0 N–H and O–H groups in total. The molecule has 0 aromatic carbocycles. The lowest BCUT2D eigenvalue weighted by Crippen LogP contribution is -1.94. The van der Waals surface area contributed by atoms with Crippen molar-refractivity contribution in [2.75, 3.05) is 0 Å². The molecule has 54 valence electrons. The molecule has 1 heteroatoms. The molecule has 0 aliphatic heterocycles. The highest BCUT2D eigenvalue weighted by Gasteiger charge is 1.99. The van der Waals surface area contributed by atoms with Crippen LogP contribution in [0.4, 0.5) is 0 Å². The summed E-state index contributed by atoms with van der Waals surface area (Å²) in [6, 6.07) is 0. The molecule has 0 aromatic heterocycles. The number of alkyl halides is 1. The van der Waals surface area contributed by atoms with Gasteiger partial charge in [0.05, 0.1) is 0 Å². The molecule has 0 rings (SSSR count). The average molecular weight is 147 g/mol. The smallest absolute Gasteiger partial charge is 0.0336 e. The monoisotopic (exact) mass is 146 g/mol. The minimum atomic E-state index is 0.349. The Hall–Kier alpha value is 0.0300. The molecule has 0 fully saturated rings. The van der Waals surface area contributed by atoms with E-state index >= 15 is 0 Å². The fourth-order valence-electron chi connectivity index (χ4n) is 0.607. The highest BCUT2D eigenvalue weighted by Crippen LogP contribution is 2.12. The van der Waals surface area contributed by atoms with Gasteiger partial charge in [-0.25, -0.2) is 0 Å². The maximum atomic E-state index is 5.87. The van der Waals surface area contributed by atoms with Crippen LogP contribution in [0.3, 0.4) is 0 Å². The highest BCUT2D eigenvalue weighted by molar-refractivity contribution is 6.20. The van der Waals surface area contributed by atoms with E-state index in [1.165, 1.54) is 5.57 Å². The summed E-state index contributed by atoms with van der Waals surface area (Å²) in [6.07, 6.45) is 3.21.